The molecule has 1 fully saturated rings. The average Bonchev–Trinajstić information content (AvgIpc) is 2.58. The Hall–Kier alpha value is -0.580. The van der Waals surface area contributed by atoms with Crippen LogP contribution in [0.25, 0.3) is 0 Å². The van der Waals surface area contributed by atoms with E-state index in [0.29, 0.717) is 6.42 Å². The SMILES string of the molecule is Cc1ccc(/C=N/NC(=O)C2(C)CC2(Cl)Cl)s1. The lowest BCUT2D eigenvalue weighted by molar-refractivity contribution is -0.125. The fraction of sp³-hybridized carbons (Fsp3) is 0.455. The van der Waals surface area contributed by atoms with Crippen molar-refractivity contribution in [3.05, 3.63) is 21.9 Å². The van der Waals surface area contributed by atoms with Crippen molar-refractivity contribution in [3.8, 4) is 0 Å². The van der Waals surface area contributed by atoms with E-state index in [1.54, 1.807) is 24.5 Å². The van der Waals surface area contributed by atoms with E-state index in [-0.39, 0.29) is 5.91 Å². The zero-order chi connectivity index (χ0) is 12.7. The summed E-state index contributed by atoms with van der Waals surface area (Å²) in [6.07, 6.45) is 2.08. The van der Waals surface area contributed by atoms with Crippen LogP contribution in [0.3, 0.4) is 0 Å². The minimum atomic E-state index is -0.952. The fourth-order valence-electron chi connectivity index (χ4n) is 1.45. The second-order valence-electron chi connectivity index (χ2n) is 4.36. The van der Waals surface area contributed by atoms with Gasteiger partial charge in [0.25, 0.3) is 0 Å². The third-order valence-corrected chi connectivity index (χ3v) is 4.91. The van der Waals surface area contributed by atoms with E-state index in [9.17, 15) is 4.79 Å². The molecule has 1 atom stereocenters. The summed E-state index contributed by atoms with van der Waals surface area (Å²) in [7, 11) is 0. The van der Waals surface area contributed by atoms with Gasteiger partial charge in [-0.3, -0.25) is 4.79 Å². The molecule has 1 aromatic heterocycles. The molecule has 0 saturated heterocycles. The summed E-state index contributed by atoms with van der Waals surface area (Å²) in [6, 6.07) is 3.94. The highest BCUT2D eigenvalue weighted by Crippen LogP contribution is 2.63. The van der Waals surface area contributed by atoms with Crippen molar-refractivity contribution in [2.75, 3.05) is 0 Å². The fourth-order valence-corrected chi connectivity index (χ4v) is 2.90. The Balaban J connectivity index is 1.91. The van der Waals surface area contributed by atoms with Crippen molar-refractivity contribution in [3.63, 3.8) is 0 Å². The molecule has 1 unspecified atom stereocenters. The minimum absolute atomic E-state index is 0.243. The van der Waals surface area contributed by atoms with Gasteiger partial charge in [0.15, 0.2) is 0 Å². The van der Waals surface area contributed by atoms with E-state index in [1.807, 2.05) is 19.1 Å². The maximum atomic E-state index is 11.7. The summed E-state index contributed by atoms with van der Waals surface area (Å²) < 4.78 is -0.952. The molecule has 1 saturated carbocycles. The van der Waals surface area contributed by atoms with Crippen LogP contribution >= 0.6 is 34.5 Å². The predicted octanol–water partition coefficient (Wildman–Crippen LogP) is 3.09. The van der Waals surface area contributed by atoms with Crippen molar-refractivity contribution in [2.24, 2.45) is 10.5 Å². The van der Waals surface area contributed by atoms with Gasteiger partial charge < -0.3 is 0 Å². The Morgan fingerprint density at radius 2 is 2.24 bits per heavy atom. The van der Waals surface area contributed by atoms with Crippen LogP contribution in [0.2, 0.25) is 0 Å². The lowest BCUT2D eigenvalue weighted by Crippen LogP contribution is -2.29. The number of alkyl halides is 2. The van der Waals surface area contributed by atoms with Gasteiger partial charge in [0.2, 0.25) is 5.91 Å². The van der Waals surface area contributed by atoms with E-state index < -0.39 is 9.75 Å². The number of hydrazone groups is 1. The molecule has 2 rings (SSSR count). The van der Waals surface area contributed by atoms with Gasteiger partial charge in [-0.05, 0) is 32.4 Å². The number of aryl methyl sites for hydroxylation is 1. The largest absolute Gasteiger partial charge is 0.272 e. The first-order valence-corrected chi connectivity index (χ1v) is 6.70. The number of rotatable bonds is 3. The molecule has 1 heterocycles. The molecular weight excluding hydrogens is 279 g/mol. The number of halogens is 2. The molecule has 0 aliphatic heterocycles. The highest BCUT2D eigenvalue weighted by atomic mass is 35.5. The van der Waals surface area contributed by atoms with E-state index in [0.717, 1.165) is 4.88 Å². The molecule has 0 radical (unpaired) electrons. The molecule has 3 nitrogen and oxygen atoms in total. The Morgan fingerprint density at radius 1 is 1.59 bits per heavy atom. The lowest BCUT2D eigenvalue weighted by atomic mass is 10.1. The predicted molar refractivity (Wildman–Crippen MR) is 72.0 cm³/mol. The van der Waals surface area contributed by atoms with Gasteiger partial charge in [-0.15, -0.1) is 34.5 Å². The number of carbonyl (C=O) groups excluding carboxylic acids is 1. The van der Waals surface area contributed by atoms with Crippen LogP contribution in [0.4, 0.5) is 0 Å². The van der Waals surface area contributed by atoms with Gasteiger partial charge in [-0.1, -0.05) is 0 Å². The maximum absolute atomic E-state index is 11.7. The van der Waals surface area contributed by atoms with Crippen LogP contribution in [-0.4, -0.2) is 16.5 Å². The highest BCUT2D eigenvalue weighted by molar-refractivity contribution is 7.13. The van der Waals surface area contributed by atoms with Crippen molar-refractivity contribution in [2.45, 2.75) is 24.6 Å². The normalized spacial score (nSPS) is 26.1. The molecular formula is C11H12Cl2N2OS. The second kappa shape index (κ2) is 4.26. The molecule has 17 heavy (non-hydrogen) atoms. The number of thiophene rings is 1. The standard InChI is InChI=1S/C11H12Cl2N2OS/c1-7-3-4-8(17-7)5-14-15-9(16)10(2)6-11(10,12)13/h3-5H,6H2,1-2H3,(H,15,16)/b14-5+. The van der Waals surface area contributed by atoms with Gasteiger partial charge in [-0.2, -0.15) is 5.10 Å². The Labute approximate surface area is 114 Å². The molecule has 92 valence electrons. The summed E-state index contributed by atoms with van der Waals surface area (Å²) >= 11 is 13.4. The molecule has 6 heteroatoms. The average molecular weight is 291 g/mol. The zero-order valence-corrected chi connectivity index (χ0v) is 11.8. The molecule has 1 N–H and O–H groups in total. The van der Waals surface area contributed by atoms with Gasteiger partial charge in [0.1, 0.15) is 4.33 Å². The molecule has 0 bridgehead atoms. The van der Waals surface area contributed by atoms with Crippen LogP contribution in [0.15, 0.2) is 17.2 Å². The van der Waals surface area contributed by atoms with Crippen molar-refractivity contribution in [1.82, 2.24) is 5.43 Å². The summed E-state index contributed by atoms with van der Waals surface area (Å²) in [5.41, 5.74) is 1.74. The van der Waals surface area contributed by atoms with E-state index in [1.165, 1.54) is 4.88 Å². The van der Waals surface area contributed by atoms with Crippen LogP contribution < -0.4 is 5.43 Å². The van der Waals surface area contributed by atoms with Crippen LogP contribution in [0, 0.1) is 12.3 Å². The topological polar surface area (TPSA) is 41.5 Å². The van der Waals surface area contributed by atoms with Gasteiger partial charge in [0.05, 0.1) is 11.6 Å². The molecule has 1 amide bonds. The minimum Gasteiger partial charge on any atom is -0.272 e. The van der Waals surface area contributed by atoms with E-state index in [2.05, 4.69) is 10.5 Å². The third-order valence-electron chi connectivity index (χ3n) is 2.88. The second-order valence-corrected chi connectivity index (χ2v) is 7.16. The summed E-state index contributed by atoms with van der Waals surface area (Å²) in [6.45, 7) is 3.74. The molecule has 1 aliphatic rings. The summed E-state index contributed by atoms with van der Waals surface area (Å²) in [4.78, 5) is 13.9. The van der Waals surface area contributed by atoms with E-state index in [4.69, 9.17) is 23.2 Å². The first-order valence-electron chi connectivity index (χ1n) is 5.13. The van der Waals surface area contributed by atoms with Crippen LogP contribution in [-0.2, 0) is 4.79 Å². The smallest absolute Gasteiger partial charge is 0.249 e. The van der Waals surface area contributed by atoms with E-state index >= 15 is 0 Å². The monoisotopic (exact) mass is 290 g/mol. The van der Waals surface area contributed by atoms with Crippen molar-refractivity contribution in [1.29, 1.82) is 0 Å². The van der Waals surface area contributed by atoms with Gasteiger partial charge >= 0.3 is 0 Å². The lowest BCUT2D eigenvalue weighted by Gasteiger charge is -2.08. The number of amides is 1. The highest BCUT2D eigenvalue weighted by Gasteiger charge is 2.68. The molecule has 0 aromatic carbocycles. The van der Waals surface area contributed by atoms with Crippen LogP contribution in [0.5, 0.6) is 0 Å². The van der Waals surface area contributed by atoms with Crippen molar-refractivity contribution < 1.29 is 4.79 Å². The third kappa shape index (κ3) is 2.49. The Kier molecular flexibility index (Phi) is 3.23. The first-order chi connectivity index (χ1) is 7.85. The molecule has 1 aliphatic carbocycles. The number of nitrogens with zero attached hydrogens (tertiary/aromatic N) is 1. The number of carbonyl (C=O) groups is 1. The van der Waals surface area contributed by atoms with Gasteiger partial charge in [0, 0.05) is 9.75 Å². The number of hydrogen-bond donors (Lipinski definition) is 1. The zero-order valence-electron chi connectivity index (χ0n) is 9.46. The molecule has 1 aromatic rings. The molecule has 0 spiro atoms. The Bertz CT molecular complexity index is 484. The van der Waals surface area contributed by atoms with Crippen LogP contribution in [0.1, 0.15) is 23.1 Å². The quantitative estimate of drug-likeness (QED) is 0.519. The van der Waals surface area contributed by atoms with Crippen molar-refractivity contribution >= 4 is 46.7 Å². The maximum Gasteiger partial charge on any atom is 0.249 e. The van der Waals surface area contributed by atoms with Gasteiger partial charge in [-0.25, -0.2) is 5.43 Å². The number of nitrogens with one attached hydrogen (secondary N) is 1. The summed E-state index contributed by atoms with van der Waals surface area (Å²) in [5, 5.41) is 3.90. The first kappa shape index (κ1) is 12.9. The summed E-state index contributed by atoms with van der Waals surface area (Å²) in [5.74, 6) is -0.243. The number of hydrogen-bond acceptors (Lipinski definition) is 3. The Morgan fingerprint density at radius 3 is 2.71 bits per heavy atom.